The standard InChI is InChI=1S/C29H39N9OS/c1-6-38-26-24(35(5)27(39)25-28(38)40-20(3)31-25)18-30-29(33-26)32-23-8-7-22(17-19(23)2)36-11-9-21(10-12-36)37-15-13-34(4)14-16-37/h7-8,17-18,21H,6,9-16H2,1-5H3,(H,30,32,33). The van der Waals surface area contributed by atoms with Crippen molar-refractivity contribution >= 4 is 51.1 Å². The highest BCUT2D eigenvalue weighted by atomic mass is 32.1. The lowest BCUT2D eigenvalue weighted by molar-refractivity contribution is 0.0982. The maximum Gasteiger partial charge on any atom is 0.279 e. The van der Waals surface area contributed by atoms with Crippen LogP contribution in [0.25, 0.3) is 0 Å². The molecule has 0 unspecified atom stereocenters. The Bertz CT molecular complexity index is 1390. The van der Waals surface area contributed by atoms with Gasteiger partial charge in [-0.1, -0.05) is 0 Å². The van der Waals surface area contributed by atoms with Gasteiger partial charge in [-0.3, -0.25) is 9.69 Å². The highest BCUT2D eigenvalue weighted by molar-refractivity contribution is 7.16. The lowest BCUT2D eigenvalue weighted by atomic mass is 10.0. The third kappa shape index (κ3) is 5.02. The van der Waals surface area contributed by atoms with Gasteiger partial charge in [0.2, 0.25) is 5.95 Å². The second-order valence-corrected chi connectivity index (χ2v) is 12.3. The Balaban J connectivity index is 1.17. The minimum absolute atomic E-state index is 0.139. The average molecular weight is 562 g/mol. The van der Waals surface area contributed by atoms with Gasteiger partial charge in [-0.25, -0.2) is 9.97 Å². The number of anilines is 6. The summed E-state index contributed by atoms with van der Waals surface area (Å²) in [6, 6.07) is 7.30. The van der Waals surface area contributed by atoms with E-state index in [1.165, 1.54) is 56.0 Å². The van der Waals surface area contributed by atoms with Crippen molar-refractivity contribution in [3.8, 4) is 0 Å². The van der Waals surface area contributed by atoms with Crippen LogP contribution in [0.3, 0.4) is 0 Å². The topological polar surface area (TPSA) is 84.0 Å². The van der Waals surface area contributed by atoms with E-state index < -0.39 is 0 Å². The van der Waals surface area contributed by atoms with Gasteiger partial charge in [0.1, 0.15) is 10.7 Å². The van der Waals surface area contributed by atoms with Crippen molar-refractivity contribution in [3.05, 3.63) is 40.7 Å². The molecule has 2 saturated heterocycles. The van der Waals surface area contributed by atoms with Crippen molar-refractivity contribution in [3.63, 3.8) is 0 Å². The molecule has 10 nitrogen and oxygen atoms in total. The van der Waals surface area contributed by atoms with Gasteiger partial charge in [0.25, 0.3) is 5.91 Å². The minimum atomic E-state index is -0.139. The molecule has 3 aliphatic rings. The number of piperidine rings is 1. The van der Waals surface area contributed by atoms with Crippen LogP contribution in [0, 0.1) is 13.8 Å². The van der Waals surface area contributed by atoms with E-state index in [-0.39, 0.29) is 5.91 Å². The van der Waals surface area contributed by atoms with E-state index >= 15 is 0 Å². The largest absolute Gasteiger partial charge is 0.371 e. The number of nitrogens with one attached hydrogen (secondary N) is 1. The summed E-state index contributed by atoms with van der Waals surface area (Å²) in [4.78, 5) is 38.4. The number of carbonyl (C=O) groups excluding carboxylic acids is 1. The maximum atomic E-state index is 13.1. The van der Waals surface area contributed by atoms with Crippen LogP contribution in [-0.4, -0.2) is 96.6 Å². The summed E-state index contributed by atoms with van der Waals surface area (Å²) in [5, 5.41) is 5.12. The molecule has 0 radical (unpaired) electrons. The van der Waals surface area contributed by atoms with Gasteiger partial charge in [0.05, 0.1) is 11.2 Å². The normalized spacial score (nSPS) is 19.0. The van der Waals surface area contributed by atoms with Gasteiger partial charge in [-0.2, -0.15) is 4.98 Å². The van der Waals surface area contributed by atoms with Crippen molar-refractivity contribution in [2.45, 2.75) is 39.7 Å². The molecule has 1 aromatic carbocycles. The van der Waals surface area contributed by atoms with E-state index in [9.17, 15) is 4.79 Å². The van der Waals surface area contributed by atoms with Gasteiger partial charge in [0.15, 0.2) is 11.5 Å². The molecule has 0 spiro atoms. The smallest absolute Gasteiger partial charge is 0.279 e. The predicted octanol–water partition coefficient (Wildman–Crippen LogP) is 4.26. The Labute approximate surface area is 240 Å². The number of aryl methyl sites for hydroxylation is 2. The fourth-order valence-electron chi connectivity index (χ4n) is 6.04. The molecule has 0 saturated carbocycles. The molecule has 0 atom stereocenters. The van der Waals surface area contributed by atoms with Crippen LogP contribution in [0.2, 0.25) is 0 Å². The van der Waals surface area contributed by atoms with Crippen LogP contribution in [0.5, 0.6) is 0 Å². The van der Waals surface area contributed by atoms with E-state index in [1.807, 2.05) is 6.92 Å². The summed E-state index contributed by atoms with van der Waals surface area (Å²) in [6.07, 6.45) is 4.16. The van der Waals surface area contributed by atoms with Crippen LogP contribution in [0.1, 0.15) is 40.8 Å². The van der Waals surface area contributed by atoms with Gasteiger partial charge in [0, 0.05) is 70.3 Å². The lowest BCUT2D eigenvalue weighted by Gasteiger charge is -2.42. The molecule has 1 N–H and O–H groups in total. The van der Waals surface area contributed by atoms with E-state index in [2.05, 4.69) is 74.0 Å². The summed E-state index contributed by atoms with van der Waals surface area (Å²) in [5.41, 5.74) is 4.54. The average Bonchev–Trinajstić information content (AvgIpc) is 3.32. The minimum Gasteiger partial charge on any atom is -0.371 e. The van der Waals surface area contributed by atoms with E-state index in [0.29, 0.717) is 35.7 Å². The molecule has 2 aromatic heterocycles. The highest BCUT2D eigenvalue weighted by Crippen LogP contribution is 2.42. The lowest BCUT2D eigenvalue weighted by Crippen LogP contribution is -2.52. The molecule has 11 heteroatoms. The molecule has 1 amide bonds. The van der Waals surface area contributed by atoms with Crippen LogP contribution in [-0.2, 0) is 0 Å². The monoisotopic (exact) mass is 561 g/mol. The van der Waals surface area contributed by atoms with Gasteiger partial charge in [-0.15, -0.1) is 11.3 Å². The number of benzene rings is 1. The fourth-order valence-corrected chi connectivity index (χ4v) is 7.01. The molecule has 3 aliphatic heterocycles. The third-order valence-corrected chi connectivity index (χ3v) is 9.49. The van der Waals surface area contributed by atoms with Crippen LogP contribution in [0.4, 0.5) is 33.8 Å². The summed E-state index contributed by atoms with van der Waals surface area (Å²) in [5.74, 6) is 1.07. The first-order chi connectivity index (χ1) is 19.3. The number of hydrogen-bond acceptors (Lipinski definition) is 10. The van der Waals surface area contributed by atoms with Crippen molar-refractivity contribution in [1.29, 1.82) is 0 Å². The number of piperazine rings is 1. The Morgan fingerprint density at radius 2 is 1.77 bits per heavy atom. The number of hydrogen-bond donors (Lipinski definition) is 1. The molecular formula is C29H39N9OS. The Morgan fingerprint density at radius 1 is 1.02 bits per heavy atom. The molecule has 0 bridgehead atoms. The Morgan fingerprint density at radius 3 is 2.48 bits per heavy atom. The first-order valence-corrected chi connectivity index (χ1v) is 15.1. The number of aromatic nitrogens is 3. The number of amides is 1. The van der Waals surface area contributed by atoms with Crippen LogP contribution >= 0.6 is 11.3 Å². The zero-order valence-corrected chi connectivity index (χ0v) is 25.0. The van der Waals surface area contributed by atoms with Gasteiger partial charge >= 0.3 is 0 Å². The summed E-state index contributed by atoms with van der Waals surface area (Å²) >= 11 is 1.52. The van der Waals surface area contributed by atoms with E-state index in [1.54, 1.807) is 18.1 Å². The summed E-state index contributed by atoms with van der Waals surface area (Å²) in [7, 11) is 3.98. The van der Waals surface area contributed by atoms with Crippen LogP contribution < -0.4 is 20.0 Å². The molecule has 212 valence electrons. The zero-order chi connectivity index (χ0) is 28.0. The van der Waals surface area contributed by atoms with Crippen LogP contribution in [0.15, 0.2) is 24.4 Å². The second-order valence-electron chi connectivity index (χ2n) is 11.1. The first-order valence-electron chi connectivity index (χ1n) is 14.3. The van der Waals surface area contributed by atoms with Crippen molar-refractivity contribution in [2.24, 2.45) is 0 Å². The number of likely N-dealkylation sites (N-methyl/N-ethyl adjacent to an activating group) is 1. The van der Waals surface area contributed by atoms with Crippen molar-refractivity contribution < 1.29 is 4.79 Å². The zero-order valence-electron chi connectivity index (χ0n) is 24.1. The summed E-state index contributed by atoms with van der Waals surface area (Å²) in [6.45, 7) is 13.7. The van der Waals surface area contributed by atoms with Gasteiger partial charge < -0.3 is 24.9 Å². The molecule has 40 heavy (non-hydrogen) atoms. The van der Waals surface area contributed by atoms with Gasteiger partial charge in [-0.05, 0) is 64.4 Å². The van der Waals surface area contributed by atoms with E-state index in [4.69, 9.17) is 4.98 Å². The number of rotatable bonds is 5. The number of carbonyl (C=O) groups is 1. The quantitative estimate of drug-likeness (QED) is 0.491. The molecule has 3 aromatic rings. The van der Waals surface area contributed by atoms with Crippen molar-refractivity contribution in [1.82, 2.24) is 24.8 Å². The number of nitrogens with zero attached hydrogens (tertiary/aromatic N) is 8. The maximum absolute atomic E-state index is 13.1. The summed E-state index contributed by atoms with van der Waals surface area (Å²) < 4.78 is 0. The van der Waals surface area contributed by atoms with E-state index in [0.717, 1.165) is 34.3 Å². The number of thiazole rings is 1. The molecule has 2 fully saturated rings. The fraction of sp³-hybridized carbons (Fsp3) is 0.517. The van der Waals surface area contributed by atoms with Crippen molar-refractivity contribution in [2.75, 3.05) is 79.9 Å². The number of fused-ring (bicyclic) bond motifs is 2. The molecule has 6 rings (SSSR count). The highest BCUT2D eigenvalue weighted by Gasteiger charge is 2.33. The third-order valence-electron chi connectivity index (χ3n) is 8.49. The molecule has 0 aliphatic carbocycles. The SMILES string of the molecule is CCN1c2nc(Nc3ccc(N4CCC(N5CCN(C)CC5)CC4)cc3C)ncc2N(C)C(=O)c2nc(C)sc21. The Kier molecular flexibility index (Phi) is 7.37. The second kappa shape index (κ2) is 10.9. The molecule has 5 heterocycles. The molecular weight excluding hydrogens is 522 g/mol. The Hall–Kier alpha value is -3.28. The first kappa shape index (κ1) is 26.9. The predicted molar refractivity (Wildman–Crippen MR) is 163 cm³/mol.